The Bertz CT molecular complexity index is 1940. The molecule has 15 heteroatoms. The van der Waals surface area contributed by atoms with E-state index in [0.717, 1.165) is 22.4 Å². The topological polar surface area (TPSA) is 142 Å². The number of hydrogen-bond acceptors (Lipinski definition) is 12. The van der Waals surface area contributed by atoms with Crippen LogP contribution in [0.4, 0.5) is 0 Å². The van der Waals surface area contributed by atoms with E-state index in [1.165, 1.54) is 11.1 Å². The molecule has 3 heterocycles. The Balaban J connectivity index is 0.000000232. The lowest BCUT2D eigenvalue weighted by Gasteiger charge is -2.41. The van der Waals surface area contributed by atoms with E-state index in [1.807, 2.05) is 48.5 Å². The van der Waals surface area contributed by atoms with Gasteiger partial charge in [-0.15, -0.1) is 0 Å². The zero-order chi connectivity index (χ0) is 34.5. The SMILES string of the molecule is COc1ccccc1-c1ccccc1C.O=CCOP1(=O)OCC2(CO1)COP(=O)(OCP1(=O)Oc3ccccc3-c3ccccc31)OC2. The number of phosphoric acid groups is 2. The van der Waals surface area contributed by atoms with Gasteiger partial charge in [-0.3, -0.25) is 31.7 Å². The summed E-state index contributed by atoms with van der Waals surface area (Å²) in [5.74, 6) is 1.36. The summed E-state index contributed by atoms with van der Waals surface area (Å²) in [4.78, 5) is 10.4. The number of phosphoric ester groups is 2. The van der Waals surface area contributed by atoms with Crippen LogP contribution >= 0.6 is 23.0 Å². The van der Waals surface area contributed by atoms with Crippen molar-refractivity contribution in [1.82, 2.24) is 0 Å². The quantitative estimate of drug-likeness (QED) is 0.129. The van der Waals surface area contributed by atoms with Crippen LogP contribution in [0.3, 0.4) is 0 Å². The van der Waals surface area contributed by atoms with Crippen LogP contribution in [0.15, 0.2) is 97.1 Å². The van der Waals surface area contributed by atoms with Gasteiger partial charge in [0, 0.05) is 11.1 Å². The molecule has 0 radical (unpaired) electrons. The van der Waals surface area contributed by atoms with Gasteiger partial charge in [0.15, 0.2) is 0 Å². The number of fused-ring (bicyclic) bond motifs is 3. The Labute approximate surface area is 284 Å². The Morgan fingerprint density at radius 2 is 1.20 bits per heavy atom. The molecule has 2 fully saturated rings. The van der Waals surface area contributed by atoms with Crippen LogP contribution < -0.4 is 14.6 Å². The first-order valence-corrected chi connectivity index (χ1v) is 20.0. The summed E-state index contributed by atoms with van der Waals surface area (Å²) in [5.41, 5.74) is 4.30. The molecule has 0 bridgehead atoms. The predicted octanol–water partition coefficient (Wildman–Crippen LogP) is 7.81. The van der Waals surface area contributed by atoms with Gasteiger partial charge >= 0.3 is 23.0 Å². The number of aryl methyl sites for hydroxylation is 1. The molecule has 2 saturated heterocycles. The Morgan fingerprint density at radius 1 is 0.673 bits per heavy atom. The van der Waals surface area contributed by atoms with Crippen LogP contribution in [0, 0.1) is 12.3 Å². The minimum Gasteiger partial charge on any atom is -0.496 e. The van der Waals surface area contributed by atoms with Crippen molar-refractivity contribution < 1.29 is 54.9 Å². The predicted molar refractivity (Wildman–Crippen MR) is 182 cm³/mol. The van der Waals surface area contributed by atoms with Crippen LogP contribution in [0.2, 0.25) is 0 Å². The molecule has 3 aliphatic rings. The van der Waals surface area contributed by atoms with Crippen molar-refractivity contribution in [3.8, 4) is 33.8 Å². The number of carbonyl (C=O) groups is 1. The van der Waals surface area contributed by atoms with Gasteiger partial charge in [-0.1, -0.05) is 78.9 Å². The maximum Gasteiger partial charge on any atom is 0.475 e. The Hall–Kier alpha value is -3.40. The number of aldehydes is 1. The van der Waals surface area contributed by atoms with E-state index in [2.05, 4.69) is 31.2 Å². The van der Waals surface area contributed by atoms with Gasteiger partial charge in [0.1, 0.15) is 30.7 Å². The number of hydrogen-bond donors (Lipinski definition) is 0. The highest BCUT2D eigenvalue weighted by Gasteiger charge is 2.51. The fourth-order valence-electron chi connectivity index (χ4n) is 5.42. The molecular formula is C34H35O12P3. The van der Waals surface area contributed by atoms with Gasteiger partial charge in [-0.25, -0.2) is 9.13 Å². The highest BCUT2D eigenvalue weighted by Crippen LogP contribution is 2.63. The van der Waals surface area contributed by atoms with Gasteiger partial charge in [0.05, 0.1) is 44.3 Å². The number of ether oxygens (including phenoxy) is 1. The molecular weight excluding hydrogens is 693 g/mol. The molecule has 0 amide bonds. The average Bonchev–Trinajstić information content (AvgIpc) is 3.13. The summed E-state index contributed by atoms with van der Waals surface area (Å²) in [5, 5.41) is 0.453. The monoisotopic (exact) mass is 728 g/mol. The zero-order valence-electron chi connectivity index (χ0n) is 26.8. The number of benzene rings is 4. The van der Waals surface area contributed by atoms with Gasteiger partial charge in [0.25, 0.3) is 0 Å². The number of para-hydroxylation sites is 2. The summed E-state index contributed by atoms with van der Waals surface area (Å²) < 4.78 is 81.6. The standard InChI is InChI=1S/C20H21O11P3.C14H14O/c21-9-10-25-33(23)26-11-20(12-27-33)13-28-34(24,29-14-20)30-15-32(22)19-8-4-2-6-17(19)16-5-1-3-7-18(16)31-32;1-11-7-3-4-8-12(11)13-9-5-6-10-14(13)15-2/h1-9H,10-15H2;3-10H,1-2H3. The third kappa shape index (κ3) is 7.84. The molecule has 0 aliphatic carbocycles. The van der Waals surface area contributed by atoms with E-state index >= 15 is 0 Å². The smallest absolute Gasteiger partial charge is 0.475 e. The highest BCUT2D eigenvalue weighted by atomic mass is 31.2. The molecule has 0 saturated carbocycles. The summed E-state index contributed by atoms with van der Waals surface area (Å²) in [6, 6.07) is 30.7. The first kappa shape index (κ1) is 35.4. The normalized spacial score (nSPS) is 27.1. The third-order valence-electron chi connectivity index (χ3n) is 8.04. The fraction of sp³-hybridized carbons (Fsp3) is 0.265. The molecule has 7 rings (SSSR count). The van der Waals surface area contributed by atoms with Gasteiger partial charge in [-0.2, -0.15) is 0 Å². The molecule has 1 atom stereocenters. The molecule has 4 aromatic carbocycles. The zero-order valence-corrected chi connectivity index (χ0v) is 29.5. The number of rotatable bonds is 8. The molecule has 49 heavy (non-hydrogen) atoms. The van der Waals surface area contributed by atoms with Crippen molar-refractivity contribution in [1.29, 1.82) is 0 Å². The van der Waals surface area contributed by atoms with E-state index < -0.39 is 41.4 Å². The van der Waals surface area contributed by atoms with Crippen LogP contribution in [0.5, 0.6) is 11.5 Å². The maximum absolute atomic E-state index is 13.8. The molecule has 1 spiro atoms. The molecule has 3 aliphatic heterocycles. The first-order valence-electron chi connectivity index (χ1n) is 15.3. The summed E-state index contributed by atoms with van der Waals surface area (Å²) in [6.45, 7) is 1.12. The summed E-state index contributed by atoms with van der Waals surface area (Å²) >= 11 is 0. The van der Waals surface area contributed by atoms with Crippen LogP contribution in [0.1, 0.15) is 5.56 Å². The van der Waals surface area contributed by atoms with Gasteiger partial charge in [0.2, 0.25) is 0 Å². The van der Waals surface area contributed by atoms with Crippen LogP contribution in [-0.2, 0) is 45.6 Å². The molecule has 4 aromatic rings. The lowest BCUT2D eigenvalue weighted by Crippen LogP contribution is -2.45. The lowest BCUT2D eigenvalue weighted by molar-refractivity contribution is -0.113. The lowest BCUT2D eigenvalue weighted by atomic mass is 9.93. The summed E-state index contributed by atoms with van der Waals surface area (Å²) in [7, 11) is -9.81. The van der Waals surface area contributed by atoms with E-state index in [0.29, 0.717) is 17.3 Å². The molecule has 12 nitrogen and oxygen atoms in total. The van der Waals surface area contributed by atoms with Crippen molar-refractivity contribution in [3.05, 3.63) is 103 Å². The second kappa shape index (κ2) is 14.8. The second-order valence-electron chi connectivity index (χ2n) is 11.5. The van der Waals surface area contributed by atoms with Crippen molar-refractivity contribution in [2.45, 2.75) is 6.92 Å². The summed E-state index contributed by atoms with van der Waals surface area (Å²) in [6.07, 6.45) is -0.0972. The van der Waals surface area contributed by atoms with Crippen molar-refractivity contribution in [2.24, 2.45) is 5.41 Å². The van der Waals surface area contributed by atoms with E-state index in [9.17, 15) is 18.5 Å². The number of carbonyl (C=O) groups excluding carboxylic acids is 1. The molecule has 1 unspecified atom stereocenters. The van der Waals surface area contributed by atoms with Crippen molar-refractivity contribution >= 4 is 34.6 Å². The average molecular weight is 729 g/mol. The molecule has 0 N–H and O–H groups in total. The second-order valence-corrected chi connectivity index (χ2v) is 17.1. The van der Waals surface area contributed by atoms with Crippen molar-refractivity contribution in [2.75, 3.05) is 46.5 Å². The minimum absolute atomic E-state index is 0.130. The largest absolute Gasteiger partial charge is 0.496 e. The minimum atomic E-state index is -4.07. The number of methoxy groups -OCH3 is 1. The first-order chi connectivity index (χ1) is 23.6. The fourth-order valence-corrected chi connectivity index (χ4v) is 10.7. The van der Waals surface area contributed by atoms with Crippen molar-refractivity contribution in [3.63, 3.8) is 0 Å². The molecule has 0 aromatic heterocycles. The third-order valence-corrected chi connectivity index (χ3v) is 13.0. The molecule has 258 valence electrons. The van der Waals surface area contributed by atoms with Gasteiger partial charge < -0.3 is 14.1 Å². The Morgan fingerprint density at radius 3 is 1.84 bits per heavy atom. The Kier molecular flexibility index (Phi) is 10.7. The van der Waals surface area contributed by atoms with E-state index in [-0.39, 0.29) is 26.4 Å². The van der Waals surface area contributed by atoms with Crippen LogP contribution in [0.25, 0.3) is 22.3 Å². The van der Waals surface area contributed by atoms with E-state index in [4.69, 9.17) is 36.4 Å². The van der Waals surface area contributed by atoms with Crippen LogP contribution in [-0.4, -0.2) is 52.8 Å². The highest BCUT2D eigenvalue weighted by molar-refractivity contribution is 7.68. The van der Waals surface area contributed by atoms with E-state index in [1.54, 1.807) is 31.4 Å². The van der Waals surface area contributed by atoms with Gasteiger partial charge in [-0.05, 0) is 41.8 Å². The maximum atomic E-state index is 13.8.